The molecule has 0 aliphatic heterocycles. The van der Waals surface area contributed by atoms with Crippen LogP contribution in [-0.2, 0) is 11.3 Å². The van der Waals surface area contributed by atoms with Crippen molar-refractivity contribution >= 4 is 29.9 Å². The first-order valence-corrected chi connectivity index (χ1v) is 8.25. The Kier molecular flexibility index (Phi) is 11.8. The summed E-state index contributed by atoms with van der Waals surface area (Å²) < 4.78 is 11.3. The zero-order valence-electron chi connectivity index (χ0n) is 15.5. The second kappa shape index (κ2) is 12.4. The monoisotopic (exact) mass is 449 g/mol. The lowest BCUT2D eigenvalue weighted by atomic mass is 10.1. The van der Waals surface area contributed by atoms with Crippen LogP contribution in [0.4, 0.5) is 0 Å². The third kappa shape index (κ3) is 9.97. The summed E-state index contributed by atoms with van der Waals surface area (Å²) in [7, 11) is 1.77. The fraction of sp³-hybridized carbons (Fsp3) is 0.611. The number of ether oxygens (including phenoxy) is 2. The predicted molar refractivity (Wildman–Crippen MR) is 112 cm³/mol. The lowest BCUT2D eigenvalue weighted by molar-refractivity contribution is 0.129. The van der Waals surface area contributed by atoms with Crippen molar-refractivity contribution in [2.75, 3.05) is 26.8 Å². The molecule has 0 radical (unpaired) electrons. The van der Waals surface area contributed by atoms with Gasteiger partial charge in [0.2, 0.25) is 0 Å². The van der Waals surface area contributed by atoms with E-state index in [9.17, 15) is 0 Å². The standard InChI is InChI=1S/C18H31N3O2.HI/c1-6-22-13-9-12-20-17(19-5)21-14-15-10-7-8-11-16(15)23-18(2,3)4;/h7-8,10-11H,6,9,12-14H2,1-5H3,(H2,19,20,21);1H. The van der Waals surface area contributed by atoms with Crippen LogP contribution < -0.4 is 15.4 Å². The van der Waals surface area contributed by atoms with E-state index in [0.29, 0.717) is 6.54 Å². The molecule has 6 heteroatoms. The van der Waals surface area contributed by atoms with Crippen molar-refractivity contribution in [3.8, 4) is 5.75 Å². The smallest absolute Gasteiger partial charge is 0.191 e. The molecule has 1 aromatic carbocycles. The maximum atomic E-state index is 6.01. The largest absolute Gasteiger partial charge is 0.488 e. The molecule has 0 aliphatic carbocycles. The van der Waals surface area contributed by atoms with Crippen LogP contribution in [0.25, 0.3) is 0 Å². The van der Waals surface area contributed by atoms with Gasteiger partial charge in [0.1, 0.15) is 11.4 Å². The number of hydrogen-bond acceptors (Lipinski definition) is 3. The highest BCUT2D eigenvalue weighted by Crippen LogP contribution is 2.22. The van der Waals surface area contributed by atoms with Gasteiger partial charge in [-0.2, -0.15) is 0 Å². The van der Waals surface area contributed by atoms with Gasteiger partial charge in [-0.15, -0.1) is 24.0 Å². The number of guanidine groups is 1. The van der Waals surface area contributed by atoms with Gasteiger partial charge in [-0.25, -0.2) is 0 Å². The number of para-hydroxylation sites is 1. The fourth-order valence-electron chi connectivity index (χ4n) is 2.00. The quantitative estimate of drug-likeness (QED) is 0.276. The topological polar surface area (TPSA) is 54.9 Å². The molecule has 0 spiro atoms. The number of hydrogen-bond donors (Lipinski definition) is 2. The first-order chi connectivity index (χ1) is 11.0. The minimum absolute atomic E-state index is 0. The van der Waals surface area contributed by atoms with Crippen molar-refractivity contribution in [3.63, 3.8) is 0 Å². The highest BCUT2D eigenvalue weighted by Gasteiger charge is 2.14. The lowest BCUT2D eigenvalue weighted by Gasteiger charge is -2.23. The van der Waals surface area contributed by atoms with Gasteiger partial charge in [0.15, 0.2) is 5.96 Å². The van der Waals surface area contributed by atoms with Gasteiger partial charge in [0, 0.05) is 38.9 Å². The van der Waals surface area contributed by atoms with Gasteiger partial charge < -0.3 is 20.1 Å². The van der Waals surface area contributed by atoms with Crippen molar-refractivity contribution in [2.45, 2.75) is 46.3 Å². The number of halogens is 1. The summed E-state index contributed by atoms with van der Waals surface area (Å²) in [5, 5.41) is 6.61. The summed E-state index contributed by atoms with van der Waals surface area (Å²) in [6.45, 7) is 11.2. The first kappa shape index (κ1) is 23.0. The maximum absolute atomic E-state index is 6.01. The zero-order valence-corrected chi connectivity index (χ0v) is 17.8. The number of nitrogens with one attached hydrogen (secondary N) is 2. The van der Waals surface area contributed by atoms with E-state index in [1.54, 1.807) is 7.05 Å². The van der Waals surface area contributed by atoms with Gasteiger partial charge in [-0.05, 0) is 40.2 Å². The van der Waals surface area contributed by atoms with E-state index >= 15 is 0 Å². The van der Waals surface area contributed by atoms with Crippen LogP contribution in [0.15, 0.2) is 29.3 Å². The second-order valence-electron chi connectivity index (χ2n) is 6.23. The average molecular weight is 449 g/mol. The number of aliphatic imine (C=N–C) groups is 1. The Hall–Kier alpha value is -1.02. The molecular weight excluding hydrogens is 417 g/mol. The summed E-state index contributed by atoms with van der Waals surface area (Å²) in [6, 6.07) is 8.08. The van der Waals surface area contributed by atoms with Crippen molar-refractivity contribution in [2.24, 2.45) is 4.99 Å². The van der Waals surface area contributed by atoms with Crippen LogP contribution in [-0.4, -0.2) is 38.4 Å². The van der Waals surface area contributed by atoms with E-state index in [4.69, 9.17) is 9.47 Å². The highest BCUT2D eigenvalue weighted by molar-refractivity contribution is 14.0. The molecule has 5 nitrogen and oxygen atoms in total. The SMILES string of the molecule is CCOCCCNC(=NC)NCc1ccccc1OC(C)(C)C.I. The molecule has 1 rings (SSSR count). The zero-order chi connectivity index (χ0) is 17.1. The van der Waals surface area contributed by atoms with Crippen LogP contribution >= 0.6 is 24.0 Å². The van der Waals surface area contributed by atoms with Crippen molar-refractivity contribution in [1.82, 2.24) is 10.6 Å². The Morgan fingerprint density at radius 1 is 1.17 bits per heavy atom. The molecule has 1 aromatic rings. The highest BCUT2D eigenvalue weighted by atomic mass is 127. The molecule has 0 saturated heterocycles. The molecule has 2 N–H and O–H groups in total. The molecule has 0 aromatic heterocycles. The minimum Gasteiger partial charge on any atom is -0.488 e. The minimum atomic E-state index is -0.213. The Labute approximate surface area is 163 Å². The van der Waals surface area contributed by atoms with E-state index in [2.05, 4.69) is 42.5 Å². The van der Waals surface area contributed by atoms with Gasteiger partial charge in [-0.1, -0.05) is 18.2 Å². The van der Waals surface area contributed by atoms with Crippen LogP contribution in [0.2, 0.25) is 0 Å². The maximum Gasteiger partial charge on any atom is 0.191 e. The van der Waals surface area contributed by atoms with Crippen molar-refractivity contribution in [3.05, 3.63) is 29.8 Å². The third-order valence-electron chi connectivity index (χ3n) is 3.02. The Balaban J connectivity index is 0.00000529. The third-order valence-corrected chi connectivity index (χ3v) is 3.02. The van der Waals surface area contributed by atoms with Gasteiger partial charge in [-0.3, -0.25) is 4.99 Å². The number of benzene rings is 1. The predicted octanol–water partition coefficient (Wildman–Crippen LogP) is 3.57. The molecule has 0 fully saturated rings. The first-order valence-electron chi connectivity index (χ1n) is 8.25. The van der Waals surface area contributed by atoms with Crippen molar-refractivity contribution in [1.29, 1.82) is 0 Å². The molecule has 0 unspecified atom stereocenters. The van der Waals surface area contributed by atoms with E-state index in [0.717, 1.165) is 43.5 Å². The average Bonchev–Trinajstić information content (AvgIpc) is 2.50. The summed E-state index contributed by atoms with van der Waals surface area (Å²) in [5.74, 6) is 1.69. The lowest BCUT2D eigenvalue weighted by Crippen LogP contribution is -2.37. The molecule has 0 atom stereocenters. The van der Waals surface area contributed by atoms with E-state index in [1.807, 2.05) is 25.1 Å². The summed E-state index contributed by atoms with van der Waals surface area (Å²) in [5.41, 5.74) is 0.898. The van der Waals surface area contributed by atoms with Crippen molar-refractivity contribution < 1.29 is 9.47 Å². The fourth-order valence-corrected chi connectivity index (χ4v) is 2.00. The molecule has 0 aliphatic rings. The summed E-state index contributed by atoms with van der Waals surface area (Å²) >= 11 is 0. The molecule has 0 saturated carbocycles. The molecule has 0 amide bonds. The summed E-state index contributed by atoms with van der Waals surface area (Å²) in [6.07, 6.45) is 0.957. The number of nitrogens with zero attached hydrogens (tertiary/aromatic N) is 1. The molecule has 138 valence electrons. The molecule has 24 heavy (non-hydrogen) atoms. The van der Waals surface area contributed by atoms with Crippen LogP contribution in [0.1, 0.15) is 39.7 Å². The number of rotatable bonds is 8. The normalized spacial score (nSPS) is 11.6. The van der Waals surface area contributed by atoms with Crippen LogP contribution in [0, 0.1) is 0 Å². The summed E-state index contributed by atoms with van der Waals surface area (Å²) in [4.78, 5) is 4.24. The Morgan fingerprint density at radius 2 is 1.88 bits per heavy atom. The van der Waals surface area contributed by atoms with Crippen LogP contribution in [0.5, 0.6) is 5.75 Å². The van der Waals surface area contributed by atoms with E-state index in [-0.39, 0.29) is 29.6 Å². The van der Waals surface area contributed by atoms with Gasteiger partial charge in [0.25, 0.3) is 0 Å². The Bertz CT molecular complexity index is 487. The van der Waals surface area contributed by atoms with Crippen LogP contribution in [0.3, 0.4) is 0 Å². The van der Waals surface area contributed by atoms with E-state index < -0.39 is 0 Å². The van der Waals surface area contributed by atoms with E-state index in [1.165, 1.54) is 0 Å². The second-order valence-corrected chi connectivity index (χ2v) is 6.23. The van der Waals surface area contributed by atoms with Gasteiger partial charge in [0.05, 0.1) is 0 Å². The molecule has 0 bridgehead atoms. The Morgan fingerprint density at radius 3 is 2.50 bits per heavy atom. The molecule has 0 heterocycles. The molecular formula is C18H32IN3O2. The van der Waals surface area contributed by atoms with Gasteiger partial charge >= 0.3 is 0 Å².